The van der Waals surface area contributed by atoms with Crippen LogP contribution in [0.15, 0.2) is 36.5 Å². The highest BCUT2D eigenvalue weighted by molar-refractivity contribution is 6.31. The molecule has 0 unspecified atom stereocenters. The number of nitrogens with zero attached hydrogens (tertiary/aromatic N) is 1. The van der Waals surface area contributed by atoms with Crippen LogP contribution in [0.4, 0.5) is 10.1 Å². The monoisotopic (exact) mass is 266 g/mol. The topological polar surface area (TPSA) is 62.2 Å². The van der Waals surface area contributed by atoms with Crippen LogP contribution < -0.4 is 5.32 Å². The quantitative estimate of drug-likeness (QED) is 0.879. The number of anilines is 1. The number of aromatic hydroxyl groups is 1. The molecule has 2 rings (SSSR count). The summed E-state index contributed by atoms with van der Waals surface area (Å²) >= 11 is 5.69. The molecule has 2 aromatic rings. The molecule has 4 nitrogen and oxygen atoms in total. The number of hydrogen-bond donors (Lipinski definition) is 2. The van der Waals surface area contributed by atoms with Crippen LogP contribution in [-0.4, -0.2) is 16.0 Å². The summed E-state index contributed by atoms with van der Waals surface area (Å²) in [5.41, 5.74) is -0.255. The normalized spacial score (nSPS) is 10.1. The Morgan fingerprint density at radius 2 is 2.17 bits per heavy atom. The molecule has 18 heavy (non-hydrogen) atoms. The number of rotatable bonds is 2. The third-order valence-electron chi connectivity index (χ3n) is 2.18. The number of carbonyl (C=O) groups is 1. The highest BCUT2D eigenvalue weighted by Crippen LogP contribution is 2.21. The van der Waals surface area contributed by atoms with Gasteiger partial charge in [-0.1, -0.05) is 11.6 Å². The summed E-state index contributed by atoms with van der Waals surface area (Å²) in [5.74, 6) is -1.62. The number of hydrogen-bond acceptors (Lipinski definition) is 3. The number of pyridine rings is 1. The van der Waals surface area contributed by atoms with Gasteiger partial charge in [-0.05, 0) is 30.3 Å². The maximum atomic E-state index is 13.4. The van der Waals surface area contributed by atoms with Crippen LogP contribution in [0.25, 0.3) is 0 Å². The zero-order valence-electron chi connectivity index (χ0n) is 9.02. The van der Waals surface area contributed by atoms with Gasteiger partial charge in [0.2, 0.25) is 0 Å². The number of carbonyl (C=O) groups excluding carboxylic acids is 1. The van der Waals surface area contributed by atoms with E-state index in [2.05, 4.69) is 10.3 Å². The first-order valence-electron chi connectivity index (χ1n) is 4.98. The molecular weight excluding hydrogens is 259 g/mol. The smallest absolute Gasteiger partial charge is 0.278 e. The standard InChI is InChI=1S/C12H8ClFN2O2/c13-7-3-4-8(14)9(6-7)16-12(18)11-10(17)2-1-5-15-11/h1-6,17H,(H,16,18). The molecule has 0 aliphatic carbocycles. The van der Waals surface area contributed by atoms with Crippen molar-refractivity contribution in [2.45, 2.75) is 0 Å². The molecule has 0 radical (unpaired) electrons. The summed E-state index contributed by atoms with van der Waals surface area (Å²) in [6, 6.07) is 6.57. The molecule has 0 aliphatic rings. The number of halogens is 2. The van der Waals surface area contributed by atoms with Crippen LogP contribution in [0, 0.1) is 5.82 Å². The minimum Gasteiger partial charge on any atom is -0.505 e. The molecule has 1 heterocycles. The molecule has 0 aliphatic heterocycles. The first-order valence-corrected chi connectivity index (χ1v) is 5.36. The molecule has 0 fully saturated rings. The van der Waals surface area contributed by atoms with Crippen LogP contribution in [0.2, 0.25) is 5.02 Å². The summed E-state index contributed by atoms with van der Waals surface area (Å²) in [6.07, 6.45) is 1.35. The molecule has 0 spiro atoms. The van der Waals surface area contributed by atoms with Crippen molar-refractivity contribution in [3.63, 3.8) is 0 Å². The summed E-state index contributed by atoms with van der Waals surface area (Å²) < 4.78 is 13.4. The Morgan fingerprint density at radius 3 is 2.89 bits per heavy atom. The van der Waals surface area contributed by atoms with Gasteiger partial charge >= 0.3 is 0 Å². The molecule has 1 aromatic carbocycles. The van der Waals surface area contributed by atoms with E-state index in [1.54, 1.807) is 0 Å². The lowest BCUT2D eigenvalue weighted by molar-refractivity contribution is 0.101. The maximum absolute atomic E-state index is 13.4. The molecule has 0 saturated heterocycles. The fourth-order valence-electron chi connectivity index (χ4n) is 1.35. The van der Waals surface area contributed by atoms with Crippen LogP contribution in [-0.2, 0) is 0 Å². The summed E-state index contributed by atoms with van der Waals surface area (Å²) in [7, 11) is 0. The van der Waals surface area contributed by atoms with Gasteiger partial charge < -0.3 is 10.4 Å². The molecule has 2 N–H and O–H groups in total. The third-order valence-corrected chi connectivity index (χ3v) is 2.41. The number of aromatic nitrogens is 1. The van der Waals surface area contributed by atoms with E-state index in [-0.39, 0.29) is 22.2 Å². The Bertz CT molecular complexity index is 604. The van der Waals surface area contributed by atoms with E-state index >= 15 is 0 Å². The van der Waals surface area contributed by atoms with Crippen molar-refractivity contribution in [1.29, 1.82) is 0 Å². The second kappa shape index (κ2) is 5.01. The van der Waals surface area contributed by atoms with E-state index in [0.29, 0.717) is 0 Å². The SMILES string of the molecule is O=C(Nc1cc(Cl)ccc1F)c1ncccc1O. The Labute approximate surface area is 107 Å². The molecule has 0 atom stereocenters. The van der Waals surface area contributed by atoms with E-state index in [4.69, 9.17) is 11.6 Å². The van der Waals surface area contributed by atoms with Crippen LogP contribution in [0.5, 0.6) is 5.75 Å². The number of benzene rings is 1. The lowest BCUT2D eigenvalue weighted by Crippen LogP contribution is -2.14. The predicted molar refractivity (Wildman–Crippen MR) is 65.3 cm³/mol. The van der Waals surface area contributed by atoms with Crippen LogP contribution in [0.3, 0.4) is 0 Å². The van der Waals surface area contributed by atoms with Crippen molar-refractivity contribution in [3.8, 4) is 5.75 Å². The highest BCUT2D eigenvalue weighted by atomic mass is 35.5. The largest absolute Gasteiger partial charge is 0.505 e. The van der Waals surface area contributed by atoms with E-state index in [1.807, 2.05) is 0 Å². The molecule has 0 bridgehead atoms. The van der Waals surface area contributed by atoms with E-state index in [0.717, 1.165) is 6.07 Å². The molecule has 92 valence electrons. The van der Waals surface area contributed by atoms with Gasteiger partial charge in [-0.2, -0.15) is 0 Å². The van der Waals surface area contributed by atoms with Crippen molar-refractivity contribution in [1.82, 2.24) is 4.98 Å². The first kappa shape index (κ1) is 12.3. The van der Waals surface area contributed by atoms with Crippen molar-refractivity contribution in [2.24, 2.45) is 0 Å². The van der Waals surface area contributed by atoms with Gasteiger partial charge in [-0.3, -0.25) is 4.79 Å². The highest BCUT2D eigenvalue weighted by Gasteiger charge is 2.14. The van der Waals surface area contributed by atoms with Gasteiger partial charge in [0, 0.05) is 11.2 Å². The fraction of sp³-hybridized carbons (Fsp3) is 0. The van der Waals surface area contributed by atoms with Crippen LogP contribution >= 0.6 is 11.6 Å². The van der Waals surface area contributed by atoms with Crippen LogP contribution in [0.1, 0.15) is 10.5 Å². The van der Waals surface area contributed by atoms with Crippen molar-refractivity contribution < 1.29 is 14.3 Å². The van der Waals surface area contributed by atoms with Crippen molar-refractivity contribution in [2.75, 3.05) is 5.32 Å². The van der Waals surface area contributed by atoms with Gasteiger partial charge in [0.05, 0.1) is 5.69 Å². The Kier molecular flexibility index (Phi) is 3.43. The van der Waals surface area contributed by atoms with E-state index in [1.165, 1.54) is 30.5 Å². The minimum absolute atomic E-state index is 0.0717. The molecule has 1 aromatic heterocycles. The van der Waals surface area contributed by atoms with Gasteiger partial charge in [-0.15, -0.1) is 0 Å². The number of amides is 1. The van der Waals surface area contributed by atoms with Gasteiger partial charge in [-0.25, -0.2) is 9.37 Å². The lowest BCUT2D eigenvalue weighted by Gasteiger charge is -2.07. The summed E-state index contributed by atoms with van der Waals surface area (Å²) in [4.78, 5) is 15.5. The van der Waals surface area contributed by atoms with Crippen molar-refractivity contribution >= 4 is 23.2 Å². The second-order valence-electron chi connectivity index (χ2n) is 3.45. The van der Waals surface area contributed by atoms with Crippen molar-refractivity contribution in [3.05, 3.63) is 53.1 Å². The minimum atomic E-state index is -0.714. The van der Waals surface area contributed by atoms with E-state index < -0.39 is 11.7 Å². The van der Waals surface area contributed by atoms with E-state index in [9.17, 15) is 14.3 Å². The molecule has 1 amide bonds. The average Bonchev–Trinajstić information content (AvgIpc) is 2.34. The lowest BCUT2D eigenvalue weighted by atomic mass is 10.2. The Morgan fingerprint density at radius 1 is 1.39 bits per heavy atom. The molecule has 6 heteroatoms. The summed E-state index contributed by atoms with van der Waals surface area (Å²) in [6.45, 7) is 0. The summed E-state index contributed by atoms with van der Waals surface area (Å²) in [5, 5.41) is 12.0. The Hall–Kier alpha value is -2.14. The molecule has 0 saturated carbocycles. The zero-order valence-corrected chi connectivity index (χ0v) is 9.78. The first-order chi connectivity index (χ1) is 8.58. The predicted octanol–water partition coefficient (Wildman–Crippen LogP) is 2.83. The average molecular weight is 267 g/mol. The maximum Gasteiger partial charge on any atom is 0.278 e. The Balaban J connectivity index is 2.27. The number of nitrogens with one attached hydrogen (secondary N) is 1. The zero-order chi connectivity index (χ0) is 13.1. The second-order valence-corrected chi connectivity index (χ2v) is 3.89. The third kappa shape index (κ3) is 2.57. The molecular formula is C12H8ClFN2O2. The van der Waals surface area contributed by atoms with Gasteiger partial charge in [0.1, 0.15) is 11.6 Å². The van der Waals surface area contributed by atoms with Gasteiger partial charge in [0.25, 0.3) is 5.91 Å². The fourth-order valence-corrected chi connectivity index (χ4v) is 1.52. The van der Waals surface area contributed by atoms with Gasteiger partial charge in [0.15, 0.2) is 5.69 Å².